The lowest BCUT2D eigenvalue weighted by Gasteiger charge is -2.19. The zero-order chi connectivity index (χ0) is 21.4. The van der Waals surface area contributed by atoms with Gasteiger partial charge in [0, 0.05) is 11.3 Å². The molecule has 1 amide bonds. The van der Waals surface area contributed by atoms with Crippen molar-refractivity contribution >= 4 is 31.3 Å². The fourth-order valence-corrected chi connectivity index (χ4v) is 7.67. The molecule has 1 fully saturated rings. The Labute approximate surface area is 172 Å². The standard InChI is InChI=1S/C21H25NO5S2/c1-21(2,3)16-7-9-17(10-8-16)22-20(23)15-5-4-6-18(13-15)29(26,27)19-11-12-28(24,25)14-19/h4-10,13,19H,11-12,14H2,1-3H3,(H,22,23)/t19-/m0/s1. The molecule has 1 aliphatic heterocycles. The monoisotopic (exact) mass is 435 g/mol. The number of hydrogen-bond donors (Lipinski definition) is 1. The van der Waals surface area contributed by atoms with Crippen molar-refractivity contribution in [1.29, 1.82) is 0 Å². The lowest BCUT2D eigenvalue weighted by atomic mass is 9.87. The van der Waals surface area contributed by atoms with Crippen LogP contribution in [0.2, 0.25) is 0 Å². The van der Waals surface area contributed by atoms with Gasteiger partial charge in [0.05, 0.1) is 21.7 Å². The van der Waals surface area contributed by atoms with Crippen LogP contribution in [0.4, 0.5) is 5.69 Å². The smallest absolute Gasteiger partial charge is 0.255 e. The molecular formula is C21H25NO5S2. The SMILES string of the molecule is CC(C)(C)c1ccc(NC(=O)c2cccc(S(=O)(=O)[C@H]3CCS(=O)(=O)C3)c2)cc1. The van der Waals surface area contributed by atoms with Gasteiger partial charge in [-0.1, -0.05) is 39.0 Å². The Morgan fingerprint density at radius 2 is 1.72 bits per heavy atom. The number of carbonyl (C=O) groups excluding carboxylic acids is 1. The Balaban J connectivity index is 1.79. The number of benzene rings is 2. The van der Waals surface area contributed by atoms with Gasteiger partial charge in [-0.15, -0.1) is 0 Å². The molecule has 0 saturated carbocycles. The van der Waals surface area contributed by atoms with E-state index >= 15 is 0 Å². The van der Waals surface area contributed by atoms with E-state index in [4.69, 9.17) is 0 Å². The van der Waals surface area contributed by atoms with Crippen LogP contribution in [0.3, 0.4) is 0 Å². The van der Waals surface area contributed by atoms with Crippen LogP contribution in [0.15, 0.2) is 53.4 Å². The molecule has 1 saturated heterocycles. The van der Waals surface area contributed by atoms with Gasteiger partial charge in [-0.2, -0.15) is 0 Å². The predicted octanol–water partition coefficient (Wildman–Crippen LogP) is 3.20. The van der Waals surface area contributed by atoms with Gasteiger partial charge in [0.25, 0.3) is 5.91 Å². The first-order valence-electron chi connectivity index (χ1n) is 9.35. The van der Waals surface area contributed by atoms with E-state index in [0.29, 0.717) is 5.69 Å². The maximum Gasteiger partial charge on any atom is 0.255 e. The normalized spacial score (nSPS) is 19.1. The molecule has 0 spiro atoms. The van der Waals surface area contributed by atoms with Crippen LogP contribution >= 0.6 is 0 Å². The summed E-state index contributed by atoms with van der Waals surface area (Å²) in [6, 6.07) is 13.2. The molecule has 8 heteroatoms. The number of hydrogen-bond acceptors (Lipinski definition) is 5. The van der Waals surface area contributed by atoms with E-state index in [0.717, 1.165) is 5.56 Å². The summed E-state index contributed by atoms with van der Waals surface area (Å²) in [6.07, 6.45) is 0.0845. The number of rotatable bonds is 4. The molecular weight excluding hydrogens is 410 g/mol. The number of nitrogens with one attached hydrogen (secondary N) is 1. The Kier molecular flexibility index (Phi) is 5.62. The average Bonchev–Trinajstić information content (AvgIpc) is 3.02. The Morgan fingerprint density at radius 3 is 2.28 bits per heavy atom. The van der Waals surface area contributed by atoms with E-state index in [1.54, 1.807) is 0 Å². The lowest BCUT2D eigenvalue weighted by Crippen LogP contribution is -2.23. The second-order valence-corrected chi connectivity index (χ2v) is 12.8. The maximum atomic E-state index is 12.8. The highest BCUT2D eigenvalue weighted by molar-refractivity contribution is 7.96. The molecule has 0 unspecified atom stereocenters. The second kappa shape index (κ2) is 7.57. The summed E-state index contributed by atoms with van der Waals surface area (Å²) in [6.45, 7) is 6.30. The van der Waals surface area contributed by atoms with Crippen molar-refractivity contribution in [3.05, 3.63) is 59.7 Å². The minimum absolute atomic E-state index is 0.00104. The molecule has 1 heterocycles. The van der Waals surface area contributed by atoms with Gasteiger partial charge in [-0.25, -0.2) is 16.8 Å². The van der Waals surface area contributed by atoms with Crippen molar-refractivity contribution in [2.45, 2.75) is 42.8 Å². The highest BCUT2D eigenvalue weighted by Gasteiger charge is 2.38. The third kappa shape index (κ3) is 4.87. The summed E-state index contributed by atoms with van der Waals surface area (Å²) in [7, 11) is -7.15. The van der Waals surface area contributed by atoms with Gasteiger partial charge in [0.15, 0.2) is 19.7 Å². The van der Waals surface area contributed by atoms with Gasteiger partial charge in [0.1, 0.15) is 0 Å². The highest BCUT2D eigenvalue weighted by atomic mass is 32.2. The van der Waals surface area contributed by atoms with Crippen LogP contribution in [-0.4, -0.2) is 39.5 Å². The minimum atomic E-state index is -3.82. The van der Waals surface area contributed by atoms with Crippen molar-refractivity contribution in [2.24, 2.45) is 0 Å². The third-order valence-electron chi connectivity index (χ3n) is 5.06. The lowest BCUT2D eigenvalue weighted by molar-refractivity contribution is 0.102. The van der Waals surface area contributed by atoms with E-state index in [9.17, 15) is 21.6 Å². The summed E-state index contributed by atoms with van der Waals surface area (Å²) in [5, 5.41) is 1.81. The van der Waals surface area contributed by atoms with Gasteiger partial charge in [0.2, 0.25) is 0 Å². The van der Waals surface area contributed by atoms with Gasteiger partial charge >= 0.3 is 0 Å². The van der Waals surface area contributed by atoms with Gasteiger partial charge in [-0.3, -0.25) is 4.79 Å². The molecule has 1 aliphatic rings. The van der Waals surface area contributed by atoms with Crippen LogP contribution < -0.4 is 5.32 Å². The third-order valence-corrected chi connectivity index (χ3v) is 9.23. The molecule has 0 aromatic heterocycles. The fraction of sp³-hybridized carbons (Fsp3) is 0.381. The van der Waals surface area contributed by atoms with Crippen molar-refractivity contribution in [1.82, 2.24) is 0 Å². The molecule has 29 heavy (non-hydrogen) atoms. The Bertz CT molecular complexity index is 1130. The number of carbonyl (C=O) groups is 1. The van der Waals surface area contributed by atoms with Crippen LogP contribution in [0.25, 0.3) is 0 Å². The molecule has 1 N–H and O–H groups in total. The first-order chi connectivity index (χ1) is 13.4. The van der Waals surface area contributed by atoms with Crippen LogP contribution in [0, 0.1) is 0 Å². The summed E-state index contributed by atoms with van der Waals surface area (Å²) >= 11 is 0. The quantitative estimate of drug-likeness (QED) is 0.795. The van der Waals surface area contributed by atoms with Crippen molar-refractivity contribution in [3.8, 4) is 0 Å². The van der Waals surface area contributed by atoms with Crippen molar-refractivity contribution in [2.75, 3.05) is 16.8 Å². The summed E-state index contributed by atoms with van der Waals surface area (Å²) in [4.78, 5) is 12.6. The highest BCUT2D eigenvalue weighted by Crippen LogP contribution is 2.27. The Morgan fingerprint density at radius 1 is 1.07 bits per heavy atom. The number of amides is 1. The van der Waals surface area contributed by atoms with E-state index in [1.165, 1.54) is 24.3 Å². The van der Waals surface area contributed by atoms with E-state index < -0.39 is 30.8 Å². The maximum absolute atomic E-state index is 12.8. The second-order valence-electron chi connectivity index (χ2n) is 8.38. The predicted molar refractivity (Wildman–Crippen MR) is 114 cm³/mol. The average molecular weight is 436 g/mol. The Hall–Kier alpha value is -2.19. The van der Waals surface area contributed by atoms with Gasteiger partial charge in [-0.05, 0) is 47.7 Å². The van der Waals surface area contributed by atoms with Crippen LogP contribution in [0.5, 0.6) is 0 Å². The molecule has 156 valence electrons. The molecule has 0 bridgehead atoms. The zero-order valence-corrected chi connectivity index (χ0v) is 18.3. The fourth-order valence-electron chi connectivity index (χ4n) is 3.27. The largest absolute Gasteiger partial charge is 0.322 e. The minimum Gasteiger partial charge on any atom is -0.322 e. The first-order valence-corrected chi connectivity index (χ1v) is 12.7. The van der Waals surface area contributed by atoms with E-state index in [2.05, 4.69) is 26.1 Å². The van der Waals surface area contributed by atoms with Crippen molar-refractivity contribution < 1.29 is 21.6 Å². The topological polar surface area (TPSA) is 97.4 Å². The molecule has 2 aromatic carbocycles. The van der Waals surface area contributed by atoms with Crippen molar-refractivity contribution in [3.63, 3.8) is 0 Å². The molecule has 1 atom stereocenters. The number of anilines is 1. The first kappa shape index (κ1) is 21.5. The van der Waals surface area contributed by atoms with E-state index in [1.807, 2.05) is 24.3 Å². The van der Waals surface area contributed by atoms with Crippen LogP contribution in [0.1, 0.15) is 43.1 Å². The number of sulfone groups is 2. The summed E-state index contributed by atoms with van der Waals surface area (Å²) in [5.74, 6) is -0.919. The molecule has 6 nitrogen and oxygen atoms in total. The molecule has 3 rings (SSSR count). The zero-order valence-electron chi connectivity index (χ0n) is 16.7. The summed E-state index contributed by atoms with van der Waals surface area (Å²) in [5.41, 5.74) is 1.94. The molecule has 0 radical (unpaired) electrons. The molecule has 2 aromatic rings. The molecule has 0 aliphatic carbocycles. The van der Waals surface area contributed by atoms with E-state index in [-0.39, 0.29) is 33.8 Å². The summed E-state index contributed by atoms with van der Waals surface area (Å²) < 4.78 is 48.9. The van der Waals surface area contributed by atoms with Crippen LogP contribution in [-0.2, 0) is 25.1 Å². The van der Waals surface area contributed by atoms with Gasteiger partial charge < -0.3 is 5.32 Å².